The molecule has 0 saturated carbocycles. The molecule has 9 heteroatoms. The van der Waals surface area contributed by atoms with Gasteiger partial charge in [-0.1, -0.05) is 12.1 Å². The first-order valence-corrected chi connectivity index (χ1v) is 10.3. The van der Waals surface area contributed by atoms with Gasteiger partial charge in [-0.05, 0) is 43.7 Å². The van der Waals surface area contributed by atoms with E-state index in [-0.39, 0.29) is 18.2 Å². The van der Waals surface area contributed by atoms with Gasteiger partial charge in [0.15, 0.2) is 6.61 Å². The van der Waals surface area contributed by atoms with Crippen molar-refractivity contribution in [3.63, 3.8) is 0 Å². The van der Waals surface area contributed by atoms with Crippen LogP contribution in [0.25, 0.3) is 11.3 Å². The number of benzene rings is 1. The molecule has 3 heterocycles. The average molecular weight is 457 g/mol. The molecule has 3 aromatic rings. The molecule has 6 nitrogen and oxygen atoms in total. The Labute approximate surface area is 188 Å². The summed E-state index contributed by atoms with van der Waals surface area (Å²) < 4.78 is 43.0. The normalized spacial score (nSPS) is 13.9. The standard InChI is InChI=1S/C24H22F3N3O3/c1-23(2,32)11-15-3-5-16(6-4-15)30-13-19-17(22(30)31)8-10-29-21(19)18-7-9-28-12-20(18)33-14-24(25,26)27/h3-10,12,32H,11,13-14H2,1-2H3. The van der Waals surface area contributed by atoms with Gasteiger partial charge in [0.25, 0.3) is 5.91 Å². The number of rotatable bonds is 6. The molecule has 0 bridgehead atoms. The van der Waals surface area contributed by atoms with E-state index in [0.29, 0.717) is 34.5 Å². The van der Waals surface area contributed by atoms with Crippen molar-refractivity contribution in [1.29, 1.82) is 0 Å². The van der Waals surface area contributed by atoms with Crippen molar-refractivity contribution in [1.82, 2.24) is 9.97 Å². The van der Waals surface area contributed by atoms with Crippen molar-refractivity contribution in [2.24, 2.45) is 0 Å². The van der Waals surface area contributed by atoms with E-state index in [1.54, 1.807) is 24.8 Å². The van der Waals surface area contributed by atoms with Crippen LogP contribution in [0.3, 0.4) is 0 Å². The van der Waals surface area contributed by atoms with Gasteiger partial charge in [-0.15, -0.1) is 0 Å². The second-order valence-electron chi connectivity index (χ2n) is 8.51. The highest BCUT2D eigenvalue weighted by Crippen LogP contribution is 2.37. The van der Waals surface area contributed by atoms with Gasteiger partial charge in [-0.25, -0.2) is 0 Å². The number of aromatic nitrogens is 2. The van der Waals surface area contributed by atoms with Crippen molar-refractivity contribution in [3.8, 4) is 17.0 Å². The van der Waals surface area contributed by atoms with Crippen LogP contribution in [-0.2, 0) is 13.0 Å². The van der Waals surface area contributed by atoms with Crippen LogP contribution < -0.4 is 9.64 Å². The third-order valence-corrected chi connectivity index (χ3v) is 5.16. The number of halogens is 3. The van der Waals surface area contributed by atoms with E-state index in [2.05, 4.69) is 9.97 Å². The zero-order chi connectivity index (χ0) is 23.8. The summed E-state index contributed by atoms with van der Waals surface area (Å²) in [6.45, 7) is 2.20. The Balaban J connectivity index is 1.64. The first-order valence-electron chi connectivity index (χ1n) is 10.3. The van der Waals surface area contributed by atoms with Gasteiger partial charge in [-0.2, -0.15) is 13.2 Å². The predicted octanol–water partition coefficient (Wildman–Crippen LogP) is 4.56. The molecular weight excluding hydrogens is 435 g/mol. The van der Waals surface area contributed by atoms with E-state index in [4.69, 9.17) is 4.74 Å². The minimum absolute atomic E-state index is 0.0578. The number of alkyl halides is 3. The summed E-state index contributed by atoms with van der Waals surface area (Å²) in [7, 11) is 0. The van der Waals surface area contributed by atoms with E-state index in [1.165, 1.54) is 24.7 Å². The first-order chi connectivity index (χ1) is 15.5. The Morgan fingerprint density at radius 1 is 1.06 bits per heavy atom. The largest absolute Gasteiger partial charge is 0.482 e. The van der Waals surface area contributed by atoms with Crippen LogP contribution in [0.2, 0.25) is 0 Å². The zero-order valence-electron chi connectivity index (χ0n) is 18.1. The third kappa shape index (κ3) is 5.14. The lowest BCUT2D eigenvalue weighted by molar-refractivity contribution is -0.153. The fourth-order valence-corrected chi connectivity index (χ4v) is 3.81. The van der Waals surface area contributed by atoms with Crippen LogP contribution in [-0.4, -0.2) is 39.4 Å². The first kappa shape index (κ1) is 22.7. The maximum absolute atomic E-state index is 13.1. The van der Waals surface area contributed by atoms with Gasteiger partial charge in [0, 0.05) is 41.2 Å². The second-order valence-corrected chi connectivity index (χ2v) is 8.51. The summed E-state index contributed by atoms with van der Waals surface area (Å²) in [6, 6.07) is 10.4. The molecule has 0 spiro atoms. The lowest BCUT2D eigenvalue weighted by Gasteiger charge is -2.19. The summed E-state index contributed by atoms with van der Waals surface area (Å²) >= 11 is 0. The fraction of sp³-hybridized carbons (Fsp3) is 0.292. The predicted molar refractivity (Wildman–Crippen MR) is 116 cm³/mol. The van der Waals surface area contributed by atoms with E-state index >= 15 is 0 Å². The number of amides is 1. The number of pyridine rings is 2. The Bertz CT molecular complexity index is 1170. The minimum atomic E-state index is -4.50. The molecule has 172 valence electrons. The molecule has 1 aromatic carbocycles. The van der Waals surface area contributed by atoms with E-state index in [0.717, 1.165) is 5.56 Å². The van der Waals surface area contributed by atoms with E-state index in [9.17, 15) is 23.1 Å². The monoisotopic (exact) mass is 457 g/mol. The zero-order valence-corrected chi connectivity index (χ0v) is 18.1. The highest BCUT2D eigenvalue weighted by atomic mass is 19.4. The lowest BCUT2D eigenvalue weighted by Crippen LogP contribution is -2.23. The van der Waals surface area contributed by atoms with Crippen molar-refractivity contribution < 1.29 is 27.8 Å². The Kier molecular flexibility index (Phi) is 5.84. The average Bonchev–Trinajstić information content (AvgIpc) is 3.08. The van der Waals surface area contributed by atoms with Crippen LogP contribution in [0.1, 0.15) is 35.3 Å². The van der Waals surface area contributed by atoms with Crippen LogP contribution >= 0.6 is 0 Å². The minimum Gasteiger partial charge on any atom is -0.482 e. The maximum atomic E-state index is 13.1. The SMILES string of the molecule is CC(C)(O)Cc1ccc(N2Cc3c(ccnc3-c3ccncc3OCC(F)(F)F)C2=O)cc1. The number of carbonyl (C=O) groups is 1. The number of nitrogens with zero attached hydrogens (tertiary/aromatic N) is 3. The topological polar surface area (TPSA) is 75.6 Å². The number of anilines is 1. The molecule has 0 saturated heterocycles. The smallest absolute Gasteiger partial charge is 0.422 e. The summed E-state index contributed by atoms with van der Waals surface area (Å²) in [6.07, 6.45) is 0.0718. The van der Waals surface area contributed by atoms with Crippen molar-refractivity contribution in [2.45, 2.75) is 38.6 Å². The number of carbonyl (C=O) groups excluding carboxylic acids is 1. The molecule has 1 aliphatic rings. The summed E-state index contributed by atoms with van der Waals surface area (Å²) in [5, 5.41) is 10.0. The maximum Gasteiger partial charge on any atom is 0.422 e. The van der Waals surface area contributed by atoms with Gasteiger partial charge in [-0.3, -0.25) is 14.8 Å². The molecule has 0 radical (unpaired) electrons. The van der Waals surface area contributed by atoms with E-state index < -0.39 is 18.4 Å². The van der Waals surface area contributed by atoms with E-state index in [1.807, 2.05) is 24.3 Å². The molecule has 1 aliphatic heterocycles. The third-order valence-electron chi connectivity index (χ3n) is 5.16. The molecule has 0 fully saturated rings. The van der Waals surface area contributed by atoms with Gasteiger partial charge < -0.3 is 14.7 Å². The van der Waals surface area contributed by atoms with Crippen LogP contribution in [0, 0.1) is 0 Å². The lowest BCUT2D eigenvalue weighted by atomic mass is 9.98. The Morgan fingerprint density at radius 2 is 1.76 bits per heavy atom. The number of hydrogen-bond acceptors (Lipinski definition) is 5. The molecule has 1 N–H and O–H groups in total. The summed E-state index contributed by atoms with van der Waals surface area (Å²) in [5.41, 5.74) is 2.50. The fourth-order valence-electron chi connectivity index (χ4n) is 3.81. The van der Waals surface area contributed by atoms with Crippen molar-refractivity contribution in [3.05, 3.63) is 71.7 Å². The number of ether oxygens (including phenoxy) is 1. The van der Waals surface area contributed by atoms with Crippen LogP contribution in [0.4, 0.5) is 18.9 Å². The molecule has 0 unspecified atom stereocenters. The molecule has 0 atom stereocenters. The highest BCUT2D eigenvalue weighted by Gasteiger charge is 2.33. The summed E-state index contributed by atoms with van der Waals surface area (Å²) in [4.78, 5) is 22.9. The van der Waals surface area contributed by atoms with Crippen LogP contribution in [0.5, 0.6) is 5.75 Å². The van der Waals surface area contributed by atoms with Gasteiger partial charge >= 0.3 is 6.18 Å². The number of hydrogen-bond donors (Lipinski definition) is 1. The number of aliphatic hydroxyl groups is 1. The molecule has 33 heavy (non-hydrogen) atoms. The molecule has 0 aliphatic carbocycles. The highest BCUT2D eigenvalue weighted by molar-refractivity contribution is 6.11. The van der Waals surface area contributed by atoms with Gasteiger partial charge in [0.2, 0.25) is 0 Å². The second kappa shape index (κ2) is 8.47. The molecule has 1 amide bonds. The molecule has 2 aromatic heterocycles. The van der Waals surface area contributed by atoms with Crippen molar-refractivity contribution >= 4 is 11.6 Å². The number of fused-ring (bicyclic) bond motifs is 1. The molecular formula is C24H22F3N3O3. The van der Waals surface area contributed by atoms with Gasteiger partial charge in [0.05, 0.1) is 24.0 Å². The van der Waals surface area contributed by atoms with Crippen molar-refractivity contribution in [2.75, 3.05) is 11.5 Å². The molecule has 4 rings (SSSR count). The van der Waals surface area contributed by atoms with Crippen LogP contribution in [0.15, 0.2) is 55.0 Å². The Morgan fingerprint density at radius 3 is 2.42 bits per heavy atom. The summed E-state index contributed by atoms with van der Waals surface area (Å²) in [5.74, 6) is -0.284. The van der Waals surface area contributed by atoms with Gasteiger partial charge in [0.1, 0.15) is 5.75 Å². The Hall–Kier alpha value is -3.46. The quantitative estimate of drug-likeness (QED) is 0.588.